The summed E-state index contributed by atoms with van der Waals surface area (Å²) in [4.78, 5) is 0. The van der Waals surface area contributed by atoms with Gasteiger partial charge in [-0.1, -0.05) is 36.5 Å². The summed E-state index contributed by atoms with van der Waals surface area (Å²) in [6, 6.07) is 0. The minimum atomic E-state index is -2.91. The van der Waals surface area contributed by atoms with Crippen LogP contribution in [0.2, 0.25) is 0 Å². The van der Waals surface area contributed by atoms with E-state index < -0.39 is 12.2 Å². The van der Waals surface area contributed by atoms with Gasteiger partial charge in [-0.15, -0.1) is 0 Å². The van der Waals surface area contributed by atoms with E-state index in [1.807, 2.05) is 0 Å². The van der Waals surface area contributed by atoms with Crippen LogP contribution < -0.4 is 0 Å². The zero-order chi connectivity index (χ0) is 13.6. The van der Waals surface area contributed by atoms with Crippen molar-refractivity contribution in [3.8, 4) is 0 Å². The Bertz CT molecular complexity index is 250. The normalized spacial score (nSPS) is 20.2. The first kappa shape index (κ1) is 20.5. The van der Waals surface area contributed by atoms with Crippen LogP contribution in [0.5, 0.6) is 0 Å². The molecule has 0 spiro atoms. The SMILES string of the molecule is C1=C/CC/C=C/CC/C=C/CC/1.FC(F)=C(F)F.[Ni]. The van der Waals surface area contributed by atoms with Crippen molar-refractivity contribution < 1.29 is 34.1 Å². The second-order valence-electron chi connectivity index (χ2n) is 3.67. The van der Waals surface area contributed by atoms with Crippen molar-refractivity contribution in [3.05, 3.63) is 48.6 Å². The van der Waals surface area contributed by atoms with Crippen LogP contribution >= 0.6 is 0 Å². The van der Waals surface area contributed by atoms with Gasteiger partial charge in [0.1, 0.15) is 0 Å². The number of rotatable bonds is 0. The molecule has 1 rings (SSSR count). The summed E-state index contributed by atoms with van der Waals surface area (Å²) < 4.78 is 41.1. The van der Waals surface area contributed by atoms with Crippen LogP contribution in [-0.2, 0) is 16.5 Å². The van der Waals surface area contributed by atoms with Gasteiger partial charge >= 0.3 is 12.2 Å². The number of halogens is 4. The van der Waals surface area contributed by atoms with E-state index in [4.69, 9.17) is 0 Å². The average Bonchev–Trinajstić information content (AvgIpc) is 2.30. The monoisotopic (exact) mass is 320 g/mol. The van der Waals surface area contributed by atoms with E-state index in [1.165, 1.54) is 38.5 Å². The van der Waals surface area contributed by atoms with Gasteiger partial charge in [0.25, 0.3) is 0 Å². The summed E-state index contributed by atoms with van der Waals surface area (Å²) in [5.74, 6) is 0. The van der Waals surface area contributed by atoms with Crippen molar-refractivity contribution in [2.24, 2.45) is 0 Å². The van der Waals surface area contributed by atoms with E-state index in [0.29, 0.717) is 0 Å². The van der Waals surface area contributed by atoms with Crippen LogP contribution in [0.4, 0.5) is 17.6 Å². The molecule has 0 radical (unpaired) electrons. The van der Waals surface area contributed by atoms with Crippen molar-refractivity contribution in [3.63, 3.8) is 0 Å². The Morgan fingerprint density at radius 3 is 0.737 bits per heavy atom. The third-order valence-corrected chi connectivity index (χ3v) is 2.14. The Morgan fingerprint density at radius 2 is 0.632 bits per heavy atom. The molecule has 0 unspecified atom stereocenters. The third-order valence-electron chi connectivity index (χ3n) is 2.14. The van der Waals surface area contributed by atoms with Crippen LogP contribution in [0.1, 0.15) is 38.5 Å². The molecule has 112 valence electrons. The Labute approximate surface area is 121 Å². The van der Waals surface area contributed by atoms with E-state index in [-0.39, 0.29) is 16.5 Å². The summed E-state index contributed by atoms with van der Waals surface area (Å²) >= 11 is 0. The van der Waals surface area contributed by atoms with Gasteiger partial charge in [0.15, 0.2) is 0 Å². The van der Waals surface area contributed by atoms with Crippen molar-refractivity contribution >= 4 is 0 Å². The van der Waals surface area contributed by atoms with Crippen molar-refractivity contribution in [1.29, 1.82) is 0 Å². The Kier molecular flexibility index (Phi) is 16.4. The van der Waals surface area contributed by atoms with Crippen LogP contribution in [0.3, 0.4) is 0 Å². The standard InChI is InChI=1S/C12H18.C2F4.Ni/c1-2-4-6-8-10-12-11-9-7-5-3-1;3-1(4)2(5)6;/h1-2,7-10H,3-6,11-12H2;;/b2-1+,9-7+,10-8+;;. The molecule has 19 heavy (non-hydrogen) atoms. The van der Waals surface area contributed by atoms with Gasteiger partial charge in [0, 0.05) is 16.5 Å². The van der Waals surface area contributed by atoms with E-state index in [1.54, 1.807) is 0 Å². The maximum absolute atomic E-state index is 10.3. The molecule has 0 N–H and O–H groups in total. The molecule has 0 aromatic heterocycles. The Morgan fingerprint density at radius 1 is 0.474 bits per heavy atom. The largest absolute Gasteiger partial charge is 0.334 e. The summed E-state index contributed by atoms with van der Waals surface area (Å²) in [5.41, 5.74) is 0. The van der Waals surface area contributed by atoms with Gasteiger partial charge in [0.2, 0.25) is 0 Å². The second kappa shape index (κ2) is 15.2. The molecule has 0 aromatic carbocycles. The fourth-order valence-electron chi connectivity index (χ4n) is 1.28. The van der Waals surface area contributed by atoms with Gasteiger partial charge in [-0.25, -0.2) is 0 Å². The van der Waals surface area contributed by atoms with Gasteiger partial charge in [-0.3, -0.25) is 0 Å². The van der Waals surface area contributed by atoms with Gasteiger partial charge in [0.05, 0.1) is 0 Å². The summed E-state index contributed by atoms with van der Waals surface area (Å²) in [5, 5.41) is 0. The molecule has 0 amide bonds. The first-order valence-corrected chi connectivity index (χ1v) is 5.96. The topological polar surface area (TPSA) is 0 Å². The smallest absolute Gasteiger partial charge is 0.167 e. The molecule has 5 heteroatoms. The minimum Gasteiger partial charge on any atom is -0.167 e. The van der Waals surface area contributed by atoms with E-state index >= 15 is 0 Å². The first-order chi connectivity index (χ1) is 8.64. The molecule has 0 aliphatic heterocycles. The Hall–Kier alpha value is -0.826. The number of hydrogen-bond acceptors (Lipinski definition) is 0. The van der Waals surface area contributed by atoms with Gasteiger partial charge in [-0.2, -0.15) is 17.6 Å². The van der Waals surface area contributed by atoms with Gasteiger partial charge in [-0.05, 0) is 38.5 Å². The number of allylic oxidation sites excluding steroid dienone is 6. The molecular formula is C14H18F4Ni. The first-order valence-electron chi connectivity index (χ1n) is 5.96. The van der Waals surface area contributed by atoms with Gasteiger partial charge < -0.3 is 0 Å². The molecule has 0 bridgehead atoms. The predicted molar refractivity (Wildman–Crippen MR) is 66.6 cm³/mol. The van der Waals surface area contributed by atoms with Crippen LogP contribution in [0.15, 0.2) is 48.6 Å². The third kappa shape index (κ3) is 17.2. The fourth-order valence-corrected chi connectivity index (χ4v) is 1.28. The number of hydrogen-bond donors (Lipinski definition) is 0. The molecular weight excluding hydrogens is 303 g/mol. The van der Waals surface area contributed by atoms with Crippen LogP contribution in [0.25, 0.3) is 0 Å². The minimum absolute atomic E-state index is 0. The molecule has 0 fully saturated rings. The summed E-state index contributed by atoms with van der Waals surface area (Å²) in [6.07, 6.45) is 15.2. The van der Waals surface area contributed by atoms with Crippen LogP contribution in [0, 0.1) is 0 Å². The maximum atomic E-state index is 10.3. The fraction of sp³-hybridized carbons (Fsp3) is 0.429. The summed E-state index contributed by atoms with van der Waals surface area (Å²) in [7, 11) is 0. The molecule has 1 aliphatic rings. The van der Waals surface area contributed by atoms with Crippen LogP contribution in [-0.4, -0.2) is 0 Å². The molecule has 1 aliphatic carbocycles. The molecule has 0 heterocycles. The van der Waals surface area contributed by atoms with Crippen molar-refractivity contribution in [1.82, 2.24) is 0 Å². The van der Waals surface area contributed by atoms with Crippen molar-refractivity contribution in [2.75, 3.05) is 0 Å². The summed E-state index contributed by atoms with van der Waals surface area (Å²) in [6.45, 7) is 0. The average molecular weight is 321 g/mol. The molecule has 0 saturated carbocycles. The van der Waals surface area contributed by atoms with E-state index in [2.05, 4.69) is 36.5 Å². The molecule has 0 saturated heterocycles. The zero-order valence-corrected chi connectivity index (χ0v) is 11.5. The Balaban J connectivity index is 0. The second-order valence-corrected chi connectivity index (χ2v) is 3.67. The quantitative estimate of drug-likeness (QED) is 0.292. The molecule has 0 nitrogen and oxygen atoms in total. The maximum Gasteiger partial charge on any atom is 0.334 e. The molecule has 0 aromatic rings. The molecule has 0 atom stereocenters. The predicted octanol–water partition coefficient (Wildman–Crippen LogP) is 6.00. The van der Waals surface area contributed by atoms with E-state index in [0.717, 1.165) is 0 Å². The van der Waals surface area contributed by atoms with Crippen molar-refractivity contribution in [2.45, 2.75) is 38.5 Å². The van der Waals surface area contributed by atoms with E-state index in [9.17, 15) is 17.6 Å². The zero-order valence-electron chi connectivity index (χ0n) is 10.5.